The van der Waals surface area contributed by atoms with E-state index in [2.05, 4.69) is 25.6 Å². The zero-order valence-electron chi connectivity index (χ0n) is 8.79. The van der Waals surface area contributed by atoms with Crippen LogP contribution in [0.1, 0.15) is 15.9 Å². The van der Waals surface area contributed by atoms with Crippen LogP contribution in [0.25, 0.3) is 0 Å². The fourth-order valence-corrected chi connectivity index (χ4v) is 3.00. The molecule has 0 fully saturated rings. The summed E-state index contributed by atoms with van der Waals surface area (Å²) in [5.74, 6) is 2.60. The van der Waals surface area contributed by atoms with E-state index < -0.39 is 8.07 Å². The van der Waals surface area contributed by atoms with E-state index >= 15 is 0 Å². The topological polar surface area (TPSA) is 17.1 Å². The molecule has 0 bridgehead atoms. The predicted octanol–water partition coefficient (Wildman–Crippen LogP) is 2.03. The molecule has 0 saturated carbocycles. The van der Waals surface area contributed by atoms with Crippen LogP contribution in [0.3, 0.4) is 0 Å². The van der Waals surface area contributed by atoms with Crippen LogP contribution in [-0.4, -0.2) is 14.4 Å². The van der Waals surface area contributed by atoms with Gasteiger partial charge < -0.3 is 0 Å². The number of hydrogen-bond acceptors (Lipinski definition) is 1. The molecule has 1 nitrogen and oxygen atoms in total. The molecule has 0 aliphatic carbocycles. The van der Waals surface area contributed by atoms with Crippen LogP contribution >= 0.6 is 0 Å². The molecule has 2 heteroatoms. The van der Waals surface area contributed by atoms with Gasteiger partial charge in [-0.2, -0.15) is 0 Å². The SMILES string of the molecule is C#Cc1ccc(C=O)c([Si](C)(C)C)c1. The Kier molecular flexibility index (Phi) is 2.92. The Balaban J connectivity index is 3.38. The van der Waals surface area contributed by atoms with E-state index in [1.165, 1.54) is 0 Å². The summed E-state index contributed by atoms with van der Waals surface area (Å²) in [6.07, 6.45) is 6.24. The molecule has 0 aliphatic heterocycles. The molecule has 0 aliphatic rings. The molecule has 0 spiro atoms. The molecular formula is C12H14OSi. The Morgan fingerprint density at radius 2 is 2.00 bits per heavy atom. The molecule has 1 rings (SSSR count). The largest absolute Gasteiger partial charge is 0.298 e. The van der Waals surface area contributed by atoms with E-state index in [9.17, 15) is 4.79 Å². The van der Waals surface area contributed by atoms with Crippen molar-refractivity contribution in [3.05, 3.63) is 29.3 Å². The molecule has 0 atom stereocenters. The minimum absolute atomic E-state index is 0.781. The predicted molar refractivity (Wildman–Crippen MR) is 62.7 cm³/mol. The molecule has 14 heavy (non-hydrogen) atoms. The fourth-order valence-electron chi connectivity index (χ4n) is 1.40. The van der Waals surface area contributed by atoms with Gasteiger partial charge in [0.15, 0.2) is 0 Å². The first-order valence-corrected chi connectivity index (χ1v) is 8.05. The van der Waals surface area contributed by atoms with Gasteiger partial charge in [-0.1, -0.05) is 31.6 Å². The standard InChI is InChI=1S/C12H14OSi/c1-5-10-6-7-11(9-13)12(8-10)14(2,3)4/h1,6-9H,2-4H3. The lowest BCUT2D eigenvalue weighted by Gasteiger charge is -2.18. The van der Waals surface area contributed by atoms with Crippen LogP contribution in [0.15, 0.2) is 18.2 Å². The molecule has 0 heterocycles. The van der Waals surface area contributed by atoms with Crippen molar-refractivity contribution >= 4 is 19.5 Å². The molecule has 0 saturated heterocycles. The Labute approximate surface area is 86.2 Å². The quantitative estimate of drug-likeness (QED) is 0.407. The van der Waals surface area contributed by atoms with Crippen molar-refractivity contribution in [3.63, 3.8) is 0 Å². The number of benzene rings is 1. The summed E-state index contributed by atoms with van der Waals surface area (Å²) < 4.78 is 0. The summed E-state index contributed by atoms with van der Waals surface area (Å²) in [5.41, 5.74) is 1.64. The van der Waals surface area contributed by atoms with Crippen LogP contribution in [0.5, 0.6) is 0 Å². The maximum atomic E-state index is 10.8. The second-order valence-electron chi connectivity index (χ2n) is 4.31. The summed E-state index contributed by atoms with van der Waals surface area (Å²) in [7, 11) is -1.47. The van der Waals surface area contributed by atoms with Crippen molar-refractivity contribution in [1.29, 1.82) is 0 Å². The van der Waals surface area contributed by atoms with Crippen molar-refractivity contribution in [2.45, 2.75) is 19.6 Å². The van der Waals surface area contributed by atoms with Gasteiger partial charge in [0.05, 0.1) is 8.07 Å². The monoisotopic (exact) mass is 202 g/mol. The molecule has 0 aromatic heterocycles. The first-order chi connectivity index (χ1) is 6.49. The zero-order chi connectivity index (χ0) is 10.8. The number of rotatable bonds is 2. The molecule has 0 amide bonds. The molecule has 72 valence electrons. The van der Waals surface area contributed by atoms with E-state index in [4.69, 9.17) is 6.42 Å². The Morgan fingerprint density at radius 1 is 1.36 bits per heavy atom. The minimum Gasteiger partial charge on any atom is -0.298 e. The normalized spacial score (nSPS) is 10.7. The molecule has 0 unspecified atom stereocenters. The number of carbonyl (C=O) groups excluding carboxylic acids is 1. The molecule has 0 N–H and O–H groups in total. The van der Waals surface area contributed by atoms with Crippen LogP contribution in [0.4, 0.5) is 0 Å². The highest BCUT2D eigenvalue weighted by Crippen LogP contribution is 2.08. The zero-order valence-corrected chi connectivity index (χ0v) is 9.79. The van der Waals surface area contributed by atoms with Crippen molar-refractivity contribution in [2.24, 2.45) is 0 Å². The van der Waals surface area contributed by atoms with Gasteiger partial charge in [0.2, 0.25) is 0 Å². The number of aldehydes is 1. The second-order valence-corrected chi connectivity index (χ2v) is 9.35. The third-order valence-electron chi connectivity index (χ3n) is 2.15. The average Bonchev–Trinajstić information content (AvgIpc) is 2.15. The molecule has 1 aromatic rings. The maximum absolute atomic E-state index is 10.8. The average molecular weight is 202 g/mol. The first-order valence-electron chi connectivity index (χ1n) is 4.55. The first kappa shape index (κ1) is 10.7. The number of hydrogen-bond donors (Lipinski definition) is 0. The highest BCUT2D eigenvalue weighted by molar-refractivity contribution is 6.89. The highest BCUT2D eigenvalue weighted by atomic mass is 28.3. The van der Waals surface area contributed by atoms with E-state index in [0.717, 1.165) is 22.6 Å². The Bertz CT molecular complexity index is 394. The van der Waals surface area contributed by atoms with Crippen LogP contribution in [-0.2, 0) is 0 Å². The third kappa shape index (κ3) is 2.12. The van der Waals surface area contributed by atoms with Gasteiger partial charge in [-0.3, -0.25) is 4.79 Å². The summed E-state index contributed by atoms with van der Waals surface area (Å²) in [6.45, 7) is 6.61. The minimum atomic E-state index is -1.47. The molecular weight excluding hydrogens is 188 g/mol. The van der Waals surface area contributed by atoms with Gasteiger partial charge in [0.1, 0.15) is 6.29 Å². The van der Waals surface area contributed by atoms with Gasteiger partial charge in [-0.25, -0.2) is 0 Å². The molecule has 1 aromatic carbocycles. The number of terminal acetylenes is 1. The van der Waals surface area contributed by atoms with Crippen LogP contribution in [0.2, 0.25) is 19.6 Å². The van der Waals surface area contributed by atoms with Gasteiger partial charge >= 0.3 is 0 Å². The van der Waals surface area contributed by atoms with Gasteiger partial charge in [0.25, 0.3) is 0 Å². The lowest BCUT2D eigenvalue weighted by molar-refractivity contribution is 0.112. The van der Waals surface area contributed by atoms with Crippen LogP contribution in [0, 0.1) is 12.3 Å². The van der Waals surface area contributed by atoms with Crippen molar-refractivity contribution in [1.82, 2.24) is 0 Å². The highest BCUT2D eigenvalue weighted by Gasteiger charge is 2.19. The summed E-state index contributed by atoms with van der Waals surface area (Å²) in [4.78, 5) is 10.8. The van der Waals surface area contributed by atoms with E-state index in [-0.39, 0.29) is 0 Å². The molecule has 0 radical (unpaired) electrons. The smallest absolute Gasteiger partial charge is 0.149 e. The van der Waals surface area contributed by atoms with Gasteiger partial charge in [-0.15, -0.1) is 6.42 Å². The Morgan fingerprint density at radius 3 is 2.43 bits per heavy atom. The van der Waals surface area contributed by atoms with Crippen molar-refractivity contribution in [2.75, 3.05) is 0 Å². The van der Waals surface area contributed by atoms with E-state index in [0.29, 0.717) is 0 Å². The van der Waals surface area contributed by atoms with Gasteiger partial charge in [-0.05, 0) is 17.3 Å². The summed E-state index contributed by atoms with van der Waals surface area (Å²) in [6, 6.07) is 5.60. The second kappa shape index (κ2) is 3.81. The fraction of sp³-hybridized carbons (Fsp3) is 0.250. The van der Waals surface area contributed by atoms with Crippen LogP contribution < -0.4 is 5.19 Å². The lowest BCUT2D eigenvalue weighted by atomic mass is 10.1. The number of carbonyl (C=O) groups is 1. The van der Waals surface area contributed by atoms with Gasteiger partial charge in [0, 0.05) is 11.1 Å². The van der Waals surface area contributed by atoms with Crippen molar-refractivity contribution in [3.8, 4) is 12.3 Å². The third-order valence-corrected chi connectivity index (χ3v) is 4.20. The lowest BCUT2D eigenvalue weighted by Crippen LogP contribution is -2.40. The maximum Gasteiger partial charge on any atom is 0.149 e. The van der Waals surface area contributed by atoms with E-state index in [1.54, 1.807) is 0 Å². The Hall–Kier alpha value is -1.33. The van der Waals surface area contributed by atoms with Crippen molar-refractivity contribution < 1.29 is 4.79 Å². The summed E-state index contributed by atoms with van der Waals surface area (Å²) in [5, 5.41) is 1.14. The van der Waals surface area contributed by atoms with E-state index in [1.807, 2.05) is 18.2 Å². The summed E-state index contributed by atoms with van der Waals surface area (Å²) >= 11 is 0.